The van der Waals surface area contributed by atoms with E-state index in [1.807, 2.05) is 6.20 Å². The number of hydrogen-bond donors (Lipinski definition) is 1. The molecule has 3 heterocycles. The van der Waals surface area contributed by atoms with E-state index in [2.05, 4.69) is 21.3 Å². The molecule has 2 aliphatic carbocycles. The number of urea groups is 1. The number of ether oxygens (including phenoxy) is 1. The van der Waals surface area contributed by atoms with Crippen LogP contribution in [0.4, 0.5) is 10.6 Å². The average Bonchev–Trinajstić information content (AvgIpc) is 2.60. The quantitative estimate of drug-likeness (QED) is 0.878. The second kappa shape index (κ2) is 6.52. The highest BCUT2D eigenvalue weighted by Gasteiger charge is 2.59. The Balaban J connectivity index is 1.30. The number of nitrogens with one attached hydrogen (secondary N) is 1. The summed E-state index contributed by atoms with van der Waals surface area (Å²) in [5.74, 6) is 1.32. The van der Waals surface area contributed by atoms with Crippen LogP contribution in [-0.4, -0.2) is 41.7 Å². The van der Waals surface area contributed by atoms with E-state index in [-0.39, 0.29) is 6.03 Å². The first-order chi connectivity index (χ1) is 12.8. The standard InChI is InChI=1S/C21H29N3O2/c25-20(23-18-12-16-4-1-2-5-17(16)13-22-18)24-14-21(8-3-9-21)19(24)15-6-10-26-11-7-15/h12-13,15,19H,1-11,14H2,(H,22,23,25). The van der Waals surface area contributed by atoms with Crippen molar-refractivity contribution in [2.45, 2.75) is 63.8 Å². The second-order valence-electron chi connectivity index (χ2n) is 8.71. The van der Waals surface area contributed by atoms with Crippen LogP contribution < -0.4 is 5.32 Å². The van der Waals surface area contributed by atoms with Gasteiger partial charge in [-0.2, -0.15) is 0 Å². The Hall–Kier alpha value is -1.62. The number of amides is 2. The average molecular weight is 355 g/mol. The number of aromatic nitrogens is 1. The zero-order valence-corrected chi connectivity index (χ0v) is 15.5. The molecule has 2 amide bonds. The molecule has 5 heteroatoms. The Kier molecular flexibility index (Phi) is 4.15. The van der Waals surface area contributed by atoms with Crippen LogP contribution in [0.25, 0.3) is 0 Å². The molecule has 1 aromatic rings. The van der Waals surface area contributed by atoms with E-state index in [1.54, 1.807) is 0 Å². The molecule has 4 aliphatic rings. The van der Waals surface area contributed by atoms with Crippen molar-refractivity contribution in [1.82, 2.24) is 9.88 Å². The van der Waals surface area contributed by atoms with E-state index in [4.69, 9.17) is 4.74 Å². The highest BCUT2D eigenvalue weighted by atomic mass is 16.5. The van der Waals surface area contributed by atoms with Gasteiger partial charge in [-0.15, -0.1) is 0 Å². The van der Waals surface area contributed by atoms with Crippen LogP contribution in [0.1, 0.15) is 56.1 Å². The van der Waals surface area contributed by atoms with Gasteiger partial charge in [-0.1, -0.05) is 6.42 Å². The second-order valence-corrected chi connectivity index (χ2v) is 8.71. The Morgan fingerprint density at radius 3 is 2.65 bits per heavy atom. The molecule has 140 valence electrons. The van der Waals surface area contributed by atoms with Gasteiger partial charge in [0.15, 0.2) is 0 Å². The minimum atomic E-state index is 0.0438. The number of anilines is 1. The Morgan fingerprint density at radius 2 is 1.92 bits per heavy atom. The number of hydrogen-bond acceptors (Lipinski definition) is 3. The summed E-state index contributed by atoms with van der Waals surface area (Å²) in [7, 11) is 0. The third-order valence-electron chi connectivity index (χ3n) is 7.23. The van der Waals surface area contributed by atoms with Crippen molar-refractivity contribution in [3.05, 3.63) is 23.4 Å². The number of likely N-dealkylation sites (tertiary alicyclic amines) is 1. The molecule has 1 saturated carbocycles. The lowest BCUT2D eigenvalue weighted by Gasteiger charge is -2.64. The van der Waals surface area contributed by atoms with Gasteiger partial charge in [-0.05, 0) is 74.5 Å². The first-order valence-corrected chi connectivity index (χ1v) is 10.4. The highest BCUT2D eigenvalue weighted by Crippen LogP contribution is 2.56. The van der Waals surface area contributed by atoms with Crippen molar-refractivity contribution < 1.29 is 9.53 Å². The largest absolute Gasteiger partial charge is 0.381 e. The lowest BCUT2D eigenvalue weighted by atomic mass is 9.54. The maximum atomic E-state index is 13.0. The molecule has 1 spiro atoms. The van der Waals surface area contributed by atoms with Crippen LogP contribution in [0.5, 0.6) is 0 Å². The normalized spacial score (nSPS) is 27.4. The Labute approximate surface area is 155 Å². The van der Waals surface area contributed by atoms with Crippen molar-refractivity contribution in [1.29, 1.82) is 0 Å². The Morgan fingerprint density at radius 1 is 1.15 bits per heavy atom. The van der Waals surface area contributed by atoms with E-state index >= 15 is 0 Å². The van der Waals surface area contributed by atoms with E-state index in [0.717, 1.165) is 51.3 Å². The number of rotatable bonds is 2. The maximum Gasteiger partial charge on any atom is 0.323 e. The molecular formula is C21H29N3O2. The summed E-state index contributed by atoms with van der Waals surface area (Å²) in [5.41, 5.74) is 3.12. The van der Waals surface area contributed by atoms with Crippen molar-refractivity contribution in [3.63, 3.8) is 0 Å². The number of nitrogens with zero attached hydrogens (tertiary/aromatic N) is 2. The van der Waals surface area contributed by atoms with Gasteiger partial charge < -0.3 is 9.64 Å². The van der Waals surface area contributed by atoms with E-state index < -0.39 is 0 Å². The zero-order valence-electron chi connectivity index (χ0n) is 15.5. The van der Waals surface area contributed by atoms with Crippen molar-refractivity contribution in [2.75, 3.05) is 25.1 Å². The molecule has 1 unspecified atom stereocenters. The van der Waals surface area contributed by atoms with Crippen LogP contribution in [0, 0.1) is 11.3 Å². The monoisotopic (exact) mass is 355 g/mol. The maximum absolute atomic E-state index is 13.0. The van der Waals surface area contributed by atoms with E-state index in [9.17, 15) is 4.79 Å². The van der Waals surface area contributed by atoms with Gasteiger partial charge in [-0.3, -0.25) is 5.32 Å². The molecular weight excluding hydrogens is 326 g/mol. The molecule has 3 fully saturated rings. The molecule has 0 aromatic carbocycles. The first kappa shape index (κ1) is 16.5. The van der Waals surface area contributed by atoms with Crippen LogP contribution in [0.2, 0.25) is 0 Å². The van der Waals surface area contributed by atoms with Crippen molar-refractivity contribution in [3.8, 4) is 0 Å². The SMILES string of the molecule is O=C(Nc1cc2c(cn1)CCCC2)N1CC2(CCC2)C1C1CCOCC1. The van der Waals surface area contributed by atoms with Gasteiger partial charge >= 0.3 is 6.03 Å². The number of aryl methyl sites for hydroxylation is 2. The summed E-state index contributed by atoms with van der Waals surface area (Å²) in [6.07, 6.45) is 12.8. The molecule has 2 aliphatic heterocycles. The van der Waals surface area contributed by atoms with Gasteiger partial charge in [0, 0.05) is 37.4 Å². The van der Waals surface area contributed by atoms with Crippen LogP contribution in [0.15, 0.2) is 12.3 Å². The van der Waals surface area contributed by atoms with Gasteiger partial charge in [0.1, 0.15) is 5.82 Å². The third kappa shape index (κ3) is 2.72. The Bertz CT molecular complexity index is 694. The van der Waals surface area contributed by atoms with Crippen LogP contribution >= 0.6 is 0 Å². The lowest BCUT2D eigenvalue weighted by molar-refractivity contribution is -0.135. The minimum absolute atomic E-state index is 0.0438. The molecule has 5 rings (SSSR count). The topological polar surface area (TPSA) is 54.5 Å². The summed E-state index contributed by atoms with van der Waals surface area (Å²) in [6, 6.07) is 2.54. The third-order valence-corrected chi connectivity index (χ3v) is 7.23. The molecule has 0 bridgehead atoms. The lowest BCUT2D eigenvalue weighted by Crippen LogP contribution is -2.72. The van der Waals surface area contributed by atoms with Crippen LogP contribution in [-0.2, 0) is 17.6 Å². The van der Waals surface area contributed by atoms with Gasteiger partial charge in [0.05, 0.1) is 0 Å². The van der Waals surface area contributed by atoms with Crippen LogP contribution in [0.3, 0.4) is 0 Å². The predicted molar refractivity (Wildman–Crippen MR) is 100 cm³/mol. The molecule has 5 nitrogen and oxygen atoms in total. The smallest absolute Gasteiger partial charge is 0.323 e. The molecule has 26 heavy (non-hydrogen) atoms. The number of fused-ring (bicyclic) bond motifs is 1. The van der Waals surface area contributed by atoms with Crippen molar-refractivity contribution in [2.24, 2.45) is 11.3 Å². The summed E-state index contributed by atoms with van der Waals surface area (Å²) in [5, 5.41) is 3.09. The molecule has 1 N–H and O–H groups in total. The highest BCUT2D eigenvalue weighted by molar-refractivity contribution is 5.89. The summed E-state index contributed by atoms with van der Waals surface area (Å²) >= 11 is 0. The van der Waals surface area contributed by atoms with Crippen molar-refractivity contribution >= 4 is 11.8 Å². The van der Waals surface area contributed by atoms with Gasteiger partial charge in [-0.25, -0.2) is 9.78 Å². The van der Waals surface area contributed by atoms with E-state index in [0.29, 0.717) is 17.4 Å². The summed E-state index contributed by atoms with van der Waals surface area (Å²) < 4.78 is 5.55. The fourth-order valence-corrected chi connectivity index (χ4v) is 5.68. The van der Waals surface area contributed by atoms with Gasteiger partial charge in [0.25, 0.3) is 0 Å². The first-order valence-electron chi connectivity index (χ1n) is 10.4. The molecule has 1 atom stereocenters. The fourth-order valence-electron chi connectivity index (χ4n) is 5.68. The molecule has 1 aromatic heterocycles. The number of carbonyl (C=O) groups excluding carboxylic acids is 1. The minimum Gasteiger partial charge on any atom is -0.381 e. The number of pyridine rings is 1. The predicted octanol–water partition coefficient (Wildman–Crippen LogP) is 3.77. The summed E-state index contributed by atoms with van der Waals surface area (Å²) in [6.45, 7) is 2.62. The summed E-state index contributed by atoms with van der Waals surface area (Å²) in [4.78, 5) is 19.6. The molecule has 2 saturated heterocycles. The molecule has 0 radical (unpaired) electrons. The number of carbonyl (C=O) groups is 1. The fraction of sp³-hybridized carbons (Fsp3) is 0.714. The zero-order chi connectivity index (χ0) is 17.6. The van der Waals surface area contributed by atoms with Gasteiger partial charge in [0.2, 0.25) is 0 Å². The van der Waals surface area contributed by atoms with E-state index in [1.165, 1.54) is 43.2 Å².